The monoisotopic (exact) mass is 261 g/mol. The van der Waals surface area contributed by atoms with Crippen LogP contribution in [-0.4, -0.2) is 28.4 Å². The molecule has 1 aromatic heterocycles. The summed E-state index contributed by atoms with van der Waals surface area (Å²) in [4.78, 5) is 19.0. The maximum absolute atomic E-state index is 12.7. The maximum atomic E-state index is 12.7. The molecule has 1 fully saturated rings. The van der Waals surface area contributed by atoms with Crippen molar-refractivity contribution < 1.29 is 4.79 Å². The van der Waals surface area contributed by atoms with Crippen LogP contribution in [0.5, 0.6) is 0 Å². The number of aromatic nitrogens is 1. The van der Waals surface area contributed by atoms with Gasteiger partial charge in [-0.05, 0) is 38.3 Å². The molecule has 0 aromatic carbocycles. The topological polar surface area (TPSA) is 59.2 Å². The lowest BCUT2D eigenvalue weighted by Crippen LogP contribution is -2.46. The van der Waals surface area contributed by atoms with Crippen LogP contribution < -0.4 is 5.73 Å². The van der Waals surface area contributed by atoms with E-state index < -0.39 is 5.41 Å². The normalized spacial score (nSPS) is 17.8. The zero-order chi connectivity index (χ0) is 13.9. The summed E-state index contributed by atoms with van der Waals surface area (Å²) in [6, 6.07) is 6.20. The van der Waals surface area contributed by atoms with Crippen LogP contribution >= 0.6 is 0 Å². The fourth-order valence-corrected chi connectivity index (χ4v) is 2.15. The highest BCUT2D eigenvalue weighted by Gasteiger charge is 2.40. The Bertz CT molecular complexity index is 424. The fourth-order valence-electron chi connectivity index (χ4n) is 2.15. The molecular formula is C15H23N3O. The minimum atomic E-state index is -0.447. The average molecular weight is 261 g/mol. The van der Waals surface area contributed by atoms with Gasteiger partial charge in [-0.3, -0.25) is 9.78 Å². The van der Waals surface area contributed by atoms with Crippen LogP contribution in [-0.2, 0) is 11.3 Å². The molecule has 1 aliphatic rings. The summed E-state index contributed by atoms with van der Waals surface area (Å²) in [5.41, 5.74) is 6.30. The smallest absolute Gasteiger partial charge is 0.230 e. The van der Waals surface area contributed by atoms with Gasteiger partial charge in [-0.15, -0.1) is 0 Å². The standard InChI is InChI=1S/C15H23N3O/c1-3-15(2,11-16)14(19)18(13-7-8-13)10-12-6-4-5-9-17-12/h4-6,9,13H,3,7-8,10-11,16H2,1-2H3. The van der Waals surface area contributed by atoms with E-state index in [2.05, 4.69) is 4.98 Å². The van der Waals surface area contributed by atoms with Crippen LogP contribution in [0.15, 0.2) is 24.4 Å². The number of rotatable bonds is 6. The minimum Gasteiger partial charge on any atom is -0.333 e. The first-order valence-electron chi connectivity index (χ1n) is 7.02. The molecule has 4 heteroatoms. The number of hydrogen-bond donors (Lipinski definition) is 1. The van der Waals surface area contributed by atoms with Gasteiger partial charge in [0.05, 0.1) is 17.7 Å². The Kier molecular flexibility index (Phi) is 4.20. The number of nitrogens with zero attached hydrogens (tertiary/aromatic N) is 2. The molecule has 1 amide bonds. The summed E-state index contributed by atoms with van der Waals surface area (Å²) < 4.78 is 0. The van der Waals surface area contributed by atoms with Crippen molar-refractivity contribution in [3.8, 4) is 0 Å². The average Bonchev–Trinajstić information content (AvgIpc) is 3.29. The molecule has 1 atom stereocenters. The summed E-state index contributed by atoms with van der Waals surface area (Å²) in [7, 11) is 0. The van der Waals surface area contributed by atoms with Gasteiger partial charge in [-0.2, -0.15) is 0 Å². The third-order valence-corrected chi connectivity index (χ3v) is 4.05. The second-order valence-corrected chi connectivity index (χ2v) is 5.60. The lowest BCUT2D eigenvalue weighted by molar-refractivity contribution is -0.142. The van der Waals surface area contributed by atoms with E-state index in [4.69, 9.17) is 5.73 Å². The maximum Gasteiger partial charge on any atom is 0.230 e. The van der Waals surface area contributed by atoms with E-state index in [1.165, 1.54) is 0 Å². The third-order valence-electron chi connectivity index (χ3n) is 4.05. The summed E-state index contributed by atoms with van der Waals surface area (Å²) >= 11 is 0. The first-order chi connectivity index (χ1) is 9.10. The van der Waals surface area contributed by atoms with Crippen molar-refractivity contribution >= 4 is 5.91 Å². The number of nitrogens with two attached hydrogens (primary N) is 1. The summed E-state index contributed by atoms with van der Waals surface area (Å²) in [5, 5.41) is 0. The van der Waals surface area contributed by atoms with E-state index in [-0.39, 0.29) is 5.91 Å². The molecular weight excluding hydrogens is 238 g/mol. The van der Waals surface area contributed by atoms with Gasteiger partial charge in [0.25, 0.3) is 0 Å². The summed E-state index contributed by atoms with van der Waals surface area (Å²) in [6.07, 6.45) is 4.74. The van der Waals surface area contributed by atoms with Gasteiger partial charge in [-0.25, -0.2) is 0 Å². The fraction of sp³-hybridized carbons (Fsp3) is 0.600. The van der Waals surface area contributed by atoms with Crippen LogP contribution in [0.1, 0.15) is 38.8 Å². The predicted molar refractivity (Wildman–Crippen MR) is 75.3 cm³/mol. The number of carbonyl (C=O) groups excluding carboxylic acids is 1. The Hall–Kier alpha value is -1.42. The molecule has 2 N–H and O–H groups in total. The van der Waals surface area contributed by atoms with Crippen LogP contribution in [0.25, 0.3) is 0 Å². The Balaban J connectivity index is 2.14. The summed E-state index contributed by atoms with van der Waals surface area (Å²) in [6.45, 7) is 4.98. The molecule has 1 aromatic rings. The zero-order valence-corrected chi connectivity index (χ0v) is 11.8. The van der Waals surface area contributed by atoms with Gasteiger partial charge < -0.3 is 10.6 Å². The third kappa shape index (κ3) is 3.13. The van der Waals surface area contributed by atoms with E-state index in [1.54, 1.807) is 6.20 Å². The van der Waals surface area contributed by atoms with Crippen molar-refractivity contribution in [1.29, 1.82) is 0 Å². The largest absolute Gasteiger partial charge is 0.333 e. The molecule has 0 aliphatic heterocycles. The highest BCUT2D eigenvalue weighted by molar-refractivity contribution is 5.83. The highest BCUT2D eigenvalue weighted by Crippen LogP contribution is 2.33. The van der Waals surface area contributed by atoms with Crippen LogP contribution in [0.2, 0.25) is 0 Å². The lowest BCUT2D eigenvalue weighted by atomic mass is 9.86. The summed E-state index contributed by atoms with van der Waals surface area (Å²) in [5.74, 6) is 0.172. The molecule has 0 spiro atoms. The van der Waals surface area contributed by atoms with Gasteiger partial charge >= 0.3 is 0 Å². The molecule has 2 rings (SSSR count). The van der Waals surface area contributed by atoms with Crippen molar-refractivity contribution in [3.63, 3.8) is 0 Å². The molecule has 1 unspecified atom stereocenters. The Morgan fingerprint density at radius 1 is 1.53 bits per heavy atom. The van der Waals surface area contributed by atoms with Crippen molar-refractivity contribution in [2.24, 2.45) is 11.1 Å². The van der Waals surface area contributed by atoms with E-state index >= 15 is 0 Å². The predicted octanol–water partition coefficient (Wildman–Crippen LogP) is 1.95. The van der Waals surface area contributed by atoms with Crippen molar-refractivity contribution in [3.05, 3.63) is 30.1 Å². The molecule has 19 heavy (non-hydrogen) atoms. The van der Waals surface area contributed by atoms with Crippen LogP contribution in [0.3, 0.4) is 0 Å². The van der Waals surface area contributed by atoms with E-state index in [9.17, 15) is 4.79 Å². The van der Waals surface area contributed by atoms with E-state index in [0.29, 0.717) is 19.1 Å². The second kappa shape index (κ2) is 5.70. The molecule has 1 aliphatic carbocycles. The molecule has 104 valence electrons. The number of hydrogen-bond acceptors (Lipinski definition) is 3. The van der Waals surface area contributed by atoms with Gasteiger partial charge in [-0.1, -0.05) is 13.0 Å². The first-order valence-corrected chi connectivity index (χ1v) is 7.02. The van der Waals surface area contributed by atoms with Gasteiger partial charge in [0, 0.05) is 18.8 Å². The Labute approximate surface area is 115 Å². The molecule has 1 heterocycles. The minimum absolute atomic E-state index is 0.172. The molecule has 0 radical (unpaired) electrons. The molecule has 4 nitrogen and oxygen atoms in total. The van der Waals surface area contributed by atoms with Gasteiger partial charge in [0.15, 0.2) is 0 Å². The number of carbonyl (C=O) groups is 1. The zero-order valence-electron chi connectivity index (χ0n) is 11.8. The van der Waals surface area contributed by atoms with Crippen molar-refractivity contribution in [2.45, 2.75) is 45.7 Å². The van der Waals surface area contributed by atoms with Crippen molar-refractivity contribution in [2.75, 3.05) is 6.54 Å². The van der Waals surface area contributed by atoms with Gasteiger partial charge in [0.2, 0.25) is 5.91 Å². The molecule has 1 saturated carbocycles. The second-order valence-electron chi connectivity index (χ2n) is 5.60. The van der Waals surface area contributed by atoms with Gasteiger partial charge in [0.1, 0.15) is 0 Å². The highest BCUT2D eigenvalue weighted by atomic mass is 16.2. The molecule has 0 saturated heterocycles. The number of amides is 1. The van der Waals surface area contributed by atoms with E-state index in [0.717, 1.165) is 25.0 Å². The Morgan fingerprint density at radius 3 is 2.74 bits per heavy atom. The SMILES string of the molecule is CCC(C)(CN)C(=O)N(Cc1ccccn1)C1CC1. The van der Waals surface area contributed by atoms with Crippen LogP contribution in [0.4, 0.5) is 0 Å². The van der Waals surface area contributed by atoms with E-state index in [1.807, 2.05) is 36.9 Å². The number of pyridine rings is 1. The van der Waals surface area contributed by atoms with Crippen molar-refractivity contribution in [1.82, 2.24) is 9.88 Å². The lowest BCUT2D eigenvalue weighted by Gasteiger charge is -2.33. The Morgan fingerprint density at radius 2 is 2.26 bits per heavy atom. The quantitative estimate of drug-likeness (QED) is 0.851. The van der Waals surface area contributed by atoms with Crippen LogP contribution in [0, 0.1) is 5.41 Å². The first kappa shape index (κ1) is 14.0. The molecule has 0 bridgehead atoms.